The predicted octanol–water partition coefficient (Wildman–Crippen LogP) is 2.07. The number of ether oxygens (including phenoxy) is 2. The monoisotopic (exact) mass is 344 g/mol. The molecule has 0 spiro atoms. The standard InChI is InChI=1S/C19H24N2O4/c1-24-15-7-5-13(6-8-15)9-10-21-16-11-20(12-17(16)25-19(21)23)18(22)14-3-2-4-14/h5-8,14,16-17H,2-4,9-12H2,1H3/t16-,17+/m1/s1. The summed E-state index contributed by atoms with van der Waals surface area (Å²) in [6.45, 7) is 1.76. The first-order valence-electron chi connectivity index (χ1n) is 9.04. The number of rotatable bonds is 5. The summed E-state index contributed by atoms with van der Waals surface area (Å²) in [6.07, 6.45) is 3.50. The van der Waals surface area contributed by atoms with E-state index in [0.29, 0.717) is 19.6 Å². The Balaban J connectivity index is 1.36. The highest BCUT2D eigenvalue weighted by Gasteiger charge is 2.49. The van der Waals surface area contributed by atoms with Crippen molar-refractivity contribution >= 4 is 12.0 Å². The quantitative estimate of drug-likeness (QED) is 0.820. The molecule has 1 aromatic carbocycles. The molecule has 2 atom stereocenters. The zero-order valence-electron chi connectivity index (χ0n) is 14.5. The molecule has 2 heterocycles. The van der Waals surface area contributed by atoms with E-state index in [0.717, 1.165) is 37.0 Å². The minimum absolute atomic E-state index is 0.00484. The van der Waals surface area contributed by atoms with Gasteiger partial charge in [0.25, 0.3) is 0 Å². The van der Waals surface area contributed by atoms with Crippen molar-refractivity contribution in [2.45, 2.75) is 37.8 Å². The van der Waals surface area contributed by atoms with Crippen LogP contribution in [0.3, 0.4) is 0 Å². The smallest absolute Gasteiger partial charge is 0.410 e. The normalized spacial score (nSPS) is 25.6. The minimum Gasteiger partial charge on any atom is -0.497 e. The average Bonchev–Trinajstić information content (AvgIpc) is 3.09. The number of likely N-dealkylation sites (tertiary alicyclic amines) is 1. The summed E-state index contributed by atoms with van der Waals surface area (Å²) in [7, 11) is 1.64. The number of hydrogen-bond acceptors (Lipinski definition) is 4. The van der Waals surface area contributed by atoms with Crippen LogP contribution in [-0.2, 0) is 16.0 Å². The van der Waals surface area contributed by atoms with E-state index in [1.165, 1.54) is 0 Å². The number of hydrogen-bond donors (Lipinski definition) is 0. The molecule has 2 saturated heterocycles. The first-order chi connectivity index (χ1) is 12.2. The number of carbonyl (C=O) groups excluding carboxylic acids is 2. The molecule has 6 heteroatoms. The summed E-state index contributed by atoms with van der Waals surface area (Å²) in [6, 6.07) is 7.87. The van der Waals surface area contributed by atoms with Gasteiger partial charge < -0.3 is 14.4 Å². The van der Waals surface area contributed by atoms with Gasteiger partial charge in [0.15, 0.2) is 0 Å². The fourth-order valence-corrected chi connectivity index (χ4v) is 3.90. The molecule has 25 heavy (non-hydrogen) atoms. The van der Waals surface area contributed by atoms with Crippen LogP contribution in [0.2, 0.25) is 0 Å². The maximum absolute atomic E-state index is 12.4. The van der Waals surface area contributed by atoms with Crippen LogP contribution in [0.15, 0.2) is 24.3 Å². The second-order valence-electron chi connectivity index (χ2n) is 7.15. The van der Waals surface area contributed by atoms with E-state index in [4.69, 9.17) is 9.47 Å². The Morgan fingerprint density at radius 1 is 1.24 bits per heavy atom. The Morgan fingerprint density at radius 2 is 2.00 bits per heavy atom. The number of nitrogens with zero attached hydrogens (tertiary/aromatic N) is 2. The highest BCUT2D eigenvalue weighted by atomic mass is 16.6. The van der Waals surface area contributed by atoms with Crippen LogP contribution >= 0.6 is 0 Å². The summed E-state index contributed by atoms with van der Waals surface area (Å²) in [5, 5.41) is 0. The number of benzene rings is 1. The lowest BCUT2D eigenvalue weighted by Crippen LogP contribution is -2.42. The lowest BCUT2D eigenvalue weighted by atomic mass is 9.84. The molecule has 0 radical (unpaired) electrons. The molecule has 1 aromatic rings. The molecule has 134 valence electrons. The van der Waals surface area contributed by atoms with Gasteiger partial charge in [-0.1, -0.05) is 18.6 Å². The maximum Gasteiger partial charge on any atom is 0.410 e. The van der Waals surface area contributed by atoms with Gasteiger partial charge in [-0.2, -0.15) is 0 Å². The lowest BCUT2D eigenvalue weighted by Gasteiger charge is -2.30. The predicted molar refractivity (Wildman–Crippen MR) is 91.4 cm³/mol. The van der Waals surface area contributed by atoms with E-state index in [1.54, 1.807) is 12.0 Å². The molecule has 2 aliphatic heterocycles. The molecule has 0 bridgehead atoms. The zero-order valence-corrected chi connectivity index (χ0v) is 14.5. The van der Waals surface area contributed by atoms with Crippen LogP contribution < -0.4 is 4.74 Å². The van der Waals surface area contributed by atoms with Crippen molar-refractivity contribution in [1.82, 2.24) is 9.80 Å². The molecule has 4 rings (SSSR count). The van der Waals surface area contributed by atoms with Crippen LogP contribution in [0.5, 0.6) is 5.75 Å². The fourth-order valence-electron chi connectivity index (χ4n) is 3.90. The van der Waals surface area contributed by atoms with Crippen molar-refractivity contribution in [3.05, 3.63) is 29.8 Å². The number of carbonyl (C=O) groups is 2. The lowest BCUT2D eigenvalue weighted by molar-refractivity contribution is -0.137. The highest BCUT2D eigenvalue weighted by molar-refractivity contribution is 5.81. The molecular weight excluding hydrogens is 320 g/mol. The first-order valence-corrected chi connectivity index (χ1v) is 9.04. The molecule has 0 aromatic heterocycles. The first kappa shape index (κ1) is 16.2. The molecule has 2 amide bonds. The van der Waals surface area contributed by atoms with Crippen LogP contribution in [0.25, 0.3) is 0 Å². The van der Waals surface area contributed by atoms with Gasteiger partial charge in [0.1, 0.15) is 11.9 Å². The second kappa shape index (κ2) is 6.58. The van der Waals surface area contributed by atoms with Crippen LogP contribution in [0.1, 0.15) is 24.8 Å². The third kappa shape index (κ3) is 3.05. The molecule has 3 fully saturated rings. The minimum atomic E-state index is -0.251. The molecule has 0 unspecified atom stereocenters. The maximum atomic E-state index is 12.4. The van der Waals surface area contributed by atoms with Crippen molar-refractivity contribution in [1.29, 1.82) is 0 Å². The van der Waals surface area contributed by atoms with E-state index >= 15 is 0 Å². The van der Waals surface area contributed by atoms with Gasteiger partial charge in [-0.25, -0.2) is 4.79 Å². The number of methoxy groups -OCH3 is 1. The van der Waals surface area contributed by atoms with Gasteiger partial charge in [-0.3, -0.25) is 9.69 Å². The van der Waals surface area contributed by atoms with Gasteiger partial charge in [-0.05, 0) is 37.0 Å². The molecule has 1 aliphatic carbocycles. The summed E-state index contributed by atoms with van der Waals surface area (Å²) < 4.78 is 10.7. The molecule has 6 nitrogen and oxygen atoms in total. The van der Waals surface area contributed by atoms with Crippen molar-refractivity contribution in [2.75, 3.05) is 26.7 Å². The molecule has 0 N–H and O–H groups in total. The Labute approximate surface area is 147 Å². The Hall–Kier alpha value is -2.24. The van der Waals surface area contributed by atoms with E-state index in [1.807, 2.05) is 29.2 Å². The summed E-state index contributed by atoms with van der Waals surface area (Å²) in [5.41, 5.74) is 1.15. The van der Waals surface area contributed by atoms with Crippen molar-refractivity contribution in [3.8, 4) is 5.75 Å². The van der Waals surface area contributed by atoms with Gasteiger partial charge in [0.05, 0.1) is 19.7 Å². The zero-order chi connectivity index (χ0) is 17.4. The Bertz CT molecular complexity index is 656. The van der Waals surface area contributed by atoms with Crippen LogP contribution in [0.4, 0.5) is 4.79 Å². The van der Waals surface area contributed by atoms with Gasteiger partial charge in [0, 0.05) is 19.0 Å². The topological polar surface area (TPSA) is 59.1 Å². The largest absolute Gasteiger partial charge is 0.497 e. The van der Waals surface area contributed by atoms with Crippen molar-refractivity contribution in [2.24, 2.45) is 5.92 Å². The number of amides is 2. The summed E-state index contributed by atoms with van der Waals surface area (Å²) in [4.78, 5) is 28.3. The van der Waals surface area contributed by atoms with E-state index < -0.39 is 0 Å². The molecule has 3 aliphatic rings. The van der Waals surface area contributed by atoms with Crippen LogP contribution in [-0.4, -0.2) is 60.7 Å². The van der Waals surface area contributed by atoms with E-state index in [9.17, 15) is 9.59 Å². The molecule has 1 saturated carbocycles. The van der Waals surface area contributed by atoms with Gasteiger partial charge in [0.2, 0.25) is 5.91 Å². The Morgan fingerprint density at radius 3 is 2.64 bits per heavy atom. The summed E-state index contributed by atoms with van der Waals surface area (Å²) >= 11 is 0. The van der Waals surface area contributed by atoms with Crippen molar-refractivity contribution < 1.29 is 19.1 Å². The molecular formula is C19H24N2O4. The second-order valence-corrected chi connectivity index (χ2v) is 7.15. The van der Waals surface area contributed by atoms with Gasteiger partial charge in [-0.15, -0.1) is 0 Å². The number of fused-ring (bicyclic) bond motifs is 1. The summed E-state index contributed by atoms with van der Waals surface area (Å²) in [5.74, 6) is 1.26. The van der Waals surface area contributed by atoms with Crippen LogP contribution in [0, 0.1) is 5.92 Å². The van der Waals surface area contributed by atoms with E-state index in [2.05, 4.69) is 0 Å². The van der Waals surface area contributed by atoms with E-state index in [-0.39, 0.29) is 30.1 Å². The van der Waals surface area contributed by atoms with Crippen molar-refractivity contribution in [3.63, 3.8) is 0 Å². The van der Waals surface area contributed by atoms with Gasteiger partial charge >= 0.3 is 6.09 Å². The SMILES string of the molecule is COc1ccc(CCN2C(=O)O[C@H]3CN(C(=O)C4CCC4)C[C@H]32)cc1. The third-order valence-corrected chi connectivity index (χ3v) is 5.69. The average molecular weight is 344 g/mol. The Kier molecular flexibility index (Phi) is 4.27. The third-order valence-electron chi connectivity index (χ3n) is 5.69. The highest BCUT2D eigenvalue weighted by Crippen LogP contribution is 2.33. The fraction of sp³-hybridized carbons (Fsp3) is 0.579.